The number of aromatic nitrogens is 2. The highest BCUT2D eigenvalue weighted by Crippen LogP contribution is 2.27. The average molecular weight is 306 g/mol. The number of H-pyrrole nitrogens is 1. The number of aliphatic hydroxyl groups excluding tert-OH is 2. The fourth-order valence-electron chi connectivity index (χ4n) is 1.53. The van der Waals surface area contributed by atoms with E-state index >= 15 is 0 Å². The SMILES string of the molecule is OC(CCl)C(O)c1c[nH]c2ncc(Br)cc12. The first-order chi connectivity index (χ1) is 7.63. The van der Waals surface area contributed by atoms with Gasteiger partial charge in [0.2, 0.25) is 0 Å². The third-order valence-corrected chi connectivity index (χ3v) is 3.12. The van der Waals surface area contributed by atoms with Crippen molar-refractivity contribution in [2.75, 3.05) is 5.88 Å². The summed E-state index contributed by atoms with van der Waals surface area (Å²) in [5, 5.41) is 20.1. The number of nitrogens with one attached hydrogen (secondary N) is 1. The summed E-state index contributed by atoms with van der Waals surface area (Å²) in [5.74, 6) is -0.0186. The minimum Gasteiger partial charge on any atom is -0.389 e. The van der Waals surface area contributed by atoms with E-state index in [4.69, 9.17) is 11.6 Å². The third kappa shape index (κ3) is 2.08. The van der Waals surface area contributed by atoms with Crippen molar-refractivity contribution in [3.8, 4) is 0 Å². The van der Waals surface area contributed by atoms with Crippen LogP contribution in [0.3, 0.4) is 0 Å². The van der Waals surface area contributed by atoms with Gasteiger partial charge < -0.3 is 15.2 Å². The van der Waals surface area contributed by atoms with Crippen LogP contribution < -0.4 is 0 Å². The molecule has 0 amide bonds. The number of alkyl halides is 1. The van der Waals surface area contributed by atoms with E-state index in [-0.39, 0.29) is 5.88 Å². The number of hydrogen-bond acceptors (Lipinski definition) is 3. The Kier molecular flexibility index (Phi) is 3.49. The Bertz CT molecular complexity index is 503. The van der Waals surface area contributed by atoms with Gasteiger partial charge in [-0.25, -0.2) is 4.98 Å². The number of pyridine rings is 1. The molecule has 6 heteroatoms. The Morgan fingerprint density at radius 3 is 2.94 bits per heavy atom. The third-order valence-electron chi connectivity index (χ3n) is 2.37. The molecule has 2 rings (SSSR count). The molecule has 0 aliphatic heterocycles. The van der Waals surface area contributed by atoms with Gasteiger partial charge in [0.25, 0.3) is 0 Å². The molecule has 2 unspecified atom stereocenters. The van der Waals surface area contributed by atoms with Crippen molar-refractivity contribution in [1.82, 2.24) is 9.97 Å². The highest BCUT2D eigenvalue weighted by molar-refractivity contribution is 9.10. The Morgan fingerprint density at radius 2 is 2.25 bits per heavy atom. The lowest BCUT2D eigenvalue weighted by atomic mass is 10.1. The predicted molar refractivity (Wildman–Crippen MR) is 65.5 cm³/mol. The summed E-state index contributed by atoms with van der Waals surface area (Å²) < 4.78 is 0.813. The molecule has 86 valence electrons. The number of hydrogen-bond donors (Lipinski definition) is 3. The topological polar surface area (TPSA) is 69.1 Å². The minimum absolute atomic E-state index is 0.0186. The molecule has 3 N–H and O–H groups in total. The van der Waals surface area contributed by atoms with Crippen molar-refractivity contribution >= 4 is 38.6 Å². The van der Waals surface area contributed by atoms with Gasteiger partial charge >= 0.3 is 0 Å². The van der Waals surface area contributed by atoms with Gasteiger partial charge in [-0.05, 0) is 22.0 Å². The van der Waals surface area contributed by atoms with Gasteiger partial charge in [-0.15, -0.1) is 11.6 Å². The lowest BCUT2D eigenvalue weighted by Crippen LogP contribution is -2.19. The second-order valence-corrected chi connectivity index (χ2v) is 4.68. The van der Waals surface area contributed by atoms with Crippen LogP contribution in [0.5, 0.6) is 0 Å². The Hall–Kier alpha value is -0.620. The van der Waals surface area contributed by atoms with Crippen LogP contribution in [0.1, 0.15) is 11.7 Å². The number of aromatic amines is 1. The zero-order valence-corrected chi connectivity index (χ0v) is 10.5. The van der Waals surface area contributed by atoms with Gasteiger partial charge in [-0.1, -0.05) is 0 Å². The Morgan fingerprint density at radius 1 is 1.50 bits per heavy atom. The highest BCUT2D eigenvalue weighted by atomic mass is 79.9. The van der Waals surface area contributed by atoms with Crippen molar-refractivity contribution < 1.29 is 10.2 Å². The quantitative estimate of drug-likeness (QED) is 0.759. The van der Waals surface area contributed by atoms with E-state index in [1.165, 1.54) is 0 Å². The maximum Gasteiger partial charge on any atom is 0.137 e. The largest absolute Gasteiger partial charge is 0.389 e. The minimum atomic E-state index is -1.01. The fourth-order valence-corrected chi connectivity index (χ4v) is 2.03. The maximum atomic E-state index is 9.87. The molecule has 4 nitrogen and oxygen atoms in total. The van der Waals surface area contributed by atoms with Crippen molar-refractivity contribution in [1.29, 1.82) is 0 Å². The van der Waals surface area contributed by atoms with Crippen molar-refractivity contribution in [3.63, 3.8) is 0 Å². The normalized spacial score (nSPS) is 15.2. The molecule has 2 heterocycles. The summed E-state index contributed by atoms with van der Waals surface area (Å²) in [6.45, 7) is 0. The van der Waals surface area contributed by atoms with Gasteiger partial charge in [0, 0.05) is 27.8 Å². The van der Waals surface area contributed by atoms with Crippen LogP contribution >= 0.6 is 27.5 Å². The molecule has 0 aromatic carbocycles. The molecule has 2 atom stereocenters. The van der Waals surface area contributed by atoms with Crippen LogP contribution in [-0.2, 0) is 0 Å². The van der Waals surface area contributed by atoms with Crippen LogP contribution in [0.15, 0.2) is 22.9 Å². The lowest BCUT2D eigenvalue weighted by molar-refractivity contribution is 0.0336. The first-order valence-electron chi connectivity index (χ1n) is 4.68. The summed E-state index contributed by atoms with van der Waals surface area (Å²) in [6, 6.07) is 1.83. The molecule has 0 saturated carbocycles. The lowest BCUT2D eigenvalue weighted by Gasteiger charge is -2.14. The smallest absolute Gasteiger partial charge is 0.137 e. The number of aliphatic hydroxyl groups is 2. The van der Waals surface area contributed by atoms with Gasteiger partial charge in [0.15, 0.2) is 0 Å². The molecule has 0 aliphatic carbocycles. The van der Waals surface area contributed by atoms with E-state index in [0.717, 1.165) is 9.86 Å². The van der Waals surface area contributed by atoms with Gasteiger partial charge in [0.05, 0.1) is 12.0 Å². The molecule has 0 radical (unpaired) electrons. The molecule has 0 saturated heterocycles. The standard InChI is InChI=1S/C10H10BrClN2O2/c11-5-1-6-7(9(16)8(15)2-12)4-14-10(6)13-3-5/h1,3-4,8-9,15-16H,2H2,(H,13,14). The van der Waals surface area contributed by atoms with Gasteiger partial charge in [0.1, 0.15) is 11.8 Å². The fraction of sp³-hybridized carbons (Fsp3) is 0.300. The van der Waals surface area contributed by atoms with Gasteiger partial charge in [-0.2, -0.15) is 0 Å². The molecule has 16 heavy (non-hydrogen) atoms. The summed E-state index contributed by atoms with van der Waals surface area (Å²) in [5.41, 5.74) is 1.26. The average Bonchev–Trinajstić information content (AvgIpc) is 2.69. The molecule has 0 aliphatic rings. The highest BCUT2D eigenvalue weighted by Gasteiger charge is 2.20. The maximum absolute atomic E-state index is 9.87. The molecule has 2 aromatic heterocycles. The molecule has 0 spiro atoms. The second-order valence-electron chi connectivity index (χ2n) is 3.46. The summed E-state index contributed by atoms with van der Waals surface area (Å²) >= 11 is 8.81. The monoisotopic (exact) mass is 304 g/mol. The first-order valence-corrected chi connectivity index (χ1v) is 6.01. The van der Waals surface area contributed by atoms with E-state index in [9.17, 15) is 10.2 Å². The summed E-state index contributed by atoms with van der Waals surface area (Å²) in [7, 11) is 0. The van der Waals surface area contributed by atoms with Crippen molar-refractivity contribution in [2.45, 2.75) is 12.2 Å². The molecular weight excluding hydrogens is 295 g/mol. The molecule has 0 bridgehead atoms. The van der Waals surface area contributed by atoms with Crippen molar-refractivity contribution in [3.05, 3.63) is 28.5 Å². The van der Waals surface area contributed by atoms with Crippen LogP contribution in [-0.4, -0.2) is 32.2 Å². The zero-order chi connectivity index (χ0) is 11.7. The van der Waals surface area contributed by atoms with Crippen LogP contribution in [0.25, 0.3) is 11.0 Å². The van der Waals surface area contributed by atoms with Gasteiger partial charge in [-0.3, -0.25) is 0 Å². The van der Waals surface area contributed by atoms with Crippen LogP contribution in [0.2, 0.25) is 0 Å². The summed E-state index contributed by atoms with van der Waals surface area (Å²) in [6.07, 6.45) is 1.29. The van der Waals surface area contributed by atoms with E-state index in [1.807, 2.05) is 6.07 Å². The molecule has 0 fully saturated rings. The Balaban J connectivity index is 2.48. The van der Waals surface area contributed by atoms with E-state index in [2.05, 4.69) is 25.9 Å². The summed E-state index contributed by atoms with van der Waals surface area (Å²) in [4.78, 5) is 7.07. The number of rotatable bonds is 3. The molecule has 2 aromatic rings. The van der Waals surface area contributed by atoms with Crippen LogP contribution in [0, 0.1) is 0 Å². The number of fused-ring (bicyclic) bond motifs is 1. The van der Waals surface area contributed by atoms with E-state index in [0.29, 0.717) is 11.2 Å². The van der Waals surface area contributed by atoms with E-state index in [1.54, 1.807) is 12.4 Å². The first kappa shape index (κ1) is 11.9. The zero-order valence-electron chi connectivity index (χ0n) is 8.19. The molecular formula is C10H10BrClN2O2. The number of nitrogens with zero attached hydrogens (tertiary/aromatic N) is 1. The van der Waals surface area contributed by atoms with Crippen LogP contribution in [0.4, 0.5) is 0 Å². The van der Waals surface area contributed by atoms with Crippen molar-refractivity contribution in [2.24, 2.45) is 0 Å². The predicted octanol–water partition coefficient (Wildman–Crippen LogP) is 1.96. The Labute approximate surface area is 105 Å². The van der Waals surface area contributed by atoms with E-state index < -0.39 is 12.2 Å². The second kappa shape index (κ2) is 4.71. The number of halogens is 2.